The summed E-state index contributed by atoms with van der Waals surface area (Å²) in [6.07, 6.45) is 8.23. The van der Waals surface area contributed by atoms with Crippen LogP contribution in [0.15, 0.2) is 53.6 Å². The Morgan fingerprint density at radius 1 is 0.864 bits per heavy atom. The van der Waals surface area contributed by atoms with E-state index in [9.17, 15) is 0 Å². The van der Waals surface area contributed by atoms with E-state index in [4.69, 9.17) is 0 Å². The molecule has 0 spiro atoms. The monoisotopic (exact) mass is 290 g/mol. The van der Waals surface area contributed by atoms with E-state index in [1.165, 1.54) is 46.7 Å². The quantitative estimate of drug-likeness (QED) is 0.575. The molecule has 0 unspecified atom stereocenters. The molecule has 0 nitrogen and oxygen atoms in total. The maximum Gasteiger partial charge on any atom is -0.00551 e. The number of aryl methyl sites for hydroxylation is 1. The molecule has 0 aliphatic heterocycles. The van der Waals surface area contributed by atoms with Crippen LogP contribution in [0.3, 0.4) is 0 Å². The Labute approximate surface area is 134 Å². The fourth-order valence-corrected chi connectivity index (χ4v) is 3.65. The first-order valence-electron chi connectivity index (χ1n) is 8.70. The third kappa shape index (κ3) is 2.63. The predicted molar refractivity (Wildman–Crippen MR) is 98.1 cm³/mol. The number of rotatable bonds is 5. The van der Waals surface area contributed by atoms with Gasteiger partial charge >= 0.3 is 0 Å². The van der Waals surface area contributed by atoms with Gasteiger partial charge in [-0.2, -0.15) is 0 Å². The molecule has 0 saturated carbocycles. The fourth-order valence-electron chi connectivity index (χ4n) is 3.65. The highest BCUT2D eigenvalue weighted by Gasteiger charge is 2.17. The van der Waals surface area contributed by atoms with Crippen LogP contribution < -0.4 is 0 Å². The molecule has 0 aromatic heterocycles. The summed E-state index contributed by atoms with van der Waals surface area (Å²) in [7, 11) is 0. The summed E-state index contributed by atoms with van der Waals surface area (Å²) in [5, 5.41) is 2.87. The van der Waals surface area contributed by atoms with Gasteiger partial charge in [0.2, 0.25) is 0 Å². The number of fused-ring (bicyclic) bond motifs is 1. The highest BCUT2D eigenvalue weighted by molar-refractivity contribution is 5.97. The molecule has 3 rings (SSSR count). The first-order chi connectivity index (χ1) is 10.8. The van der Waals surface area contributed by atoms with Gasteiger partial charge in [0.05, 0.1) is 0 Å². The Balaban J connectivity index is 2.15. The molecule has 2 aromatic rings. The minimum Gasteiger partial charge on any atom is -0.0658 e. The molecule has 114 valence electrons. The zero-order valence-corrected chi connectivity index (χ0v) is 14.1. The molecule has 0 radical (unpaired) electrons. The van der Waals surface area contributed by atoms with Crippen molar-refractivity contribution in [2.75, 3.05) is 0 Å². The summed E-state index contributed by atoms with van der Waals surface area (Å²) in [5.74, 6) is 0. The zero-order chi connectivity index (χ0) is 15.5. The Bertz CT molecular complexity index is 744. The minimum atomic E-state index is 1.13. The van der Waals surface area contributed by atoms with Crippen molar-refractivity contribution in [1.82, 2.24) is 0 Å². The van der Waals surface area contributed by atoms with Gasteiger partial charge in [0.15, 0.2) is 0 Å². The van der Waals surface area contributed by atoms with Crippen LogP contribution in [0.4, 0.5) is 0 Å². The summed E-state index contributed by atoms with van der Waals surface area (Å²) in [6, 6.07) is 13.7. The molecule has 0 bridgehead atoms. The highest BCUT2D eigenvalue weighted by Crippen LogP contribution is 2.39. The highest BCUT2D eigenvalue weighted by atomic mass is 14.2. The lowest BCUT2D eigenvalue weighted by molar-refractivity contribution is 0.929. The van der Waals surface area contributed by atoms with E-state index in [0.717, 1.165) is 12.8 Å². The summed E-state index contributed by atoms with van der Waals surface area (Å²) in [5.41, 5.74) is 7.60. The lowest BCUT2D eigenvalue weighted by Crippen LogP contribution is -1.93. The zero-order valence-electron chi connectivity index (χ0n) is 14.1. The van der Waals surface area contributed by atoms with E-state index in [-0.39, 0.29) is 0 Å². The van der Waals surface area contributed by atoms with Crippen molar-refractivity contribution < 1.29 is 0 Å². The van der Waals surface area contributed by atoms with Gasteiger partial charge in [-0.1, -0.05) is 75.2 Å². The van der Waals surface area contributed by atoms with Crippen molar-refractivity contribution in [2.45, 2.75) is 52.9 Å². The average molecular weight is 290 g/mol. The van der Waals surface area contributed by atoms with Gasteiger partial charge in [0.25, 0.3) is 0 Å². The molecule has 2 aromatic carbocycles. The van der Waals surface area contributed by atoms with Crippen molar-refractivity contribution in [3.05, 3.63) is 64.7 Å². The number of benzene rings is 2. The van der Waals surface area contributed by atoms with Gasteiger partial charge in [0, 0.05) is 0 Å². The second kappa shape index (κ2) is 6.52. The summed E-state index contributed by atoms with van der Waals surface area (Å²) < 4.78 is 0. The fraction of sp³-hybridized carbons (Fsp3) is 0.364. The van der Waals surface area contributed by atoms with Crippen LogP contribution in [0.25, 0.3) is 16.3 Å². The molecule has 1 aliphatic carbocycles. The van der Waals surface area contributed by atoms with E-state index in [2.05, 4.69) is 63.2 Å². The largest absolute Gasteiger partial charge is 0.0658 e. The Kier molecular flexibility index (Phi) is 4.47. The Morgan fingerprint density at radius 3 is 2.32 bits per heavy atom. The molecule has 0 heteroatoms. The topological polar surface area (TPSA) is 0 Å². The third-order valence-electron chi connectivity index (χ3n) is 4.86. The second-order valence-electron chi connectivity index (χ2n) is 6.26. The predicted octanol–water partition coefficient (Wildman–Crippen LogP) is 6.70. The van der Waals surface area contributed by atoms with Gasteiger partial charge in [-0.15, -0.1) is 0 Å². The van der Waals surface area contributed by atoms with Gasteiger partial charge in [0.1, 0.15) is 0 Å². The standard InChI is InChI=1S/C22H26/c1-4-9-18-12-13-21(20-11-8-7-10-19(18)20)22-15-16(5-2)14-17(22)6-3/h7-8,10-14H,4-6,9,15H2,1-3H3. The van der Waals surface area contributed by atoms with E-state index in [1.807, 2.05) is 0 Å². The summed E-state index contributed by atoms with van der Waals surface area (Å²) in [4.78, 5) is 0. The molecule has 0 heterocycles. The van der Waals surface area contributed by atoms with E-state index < -0.39 is 0 Å². The van der Waals surface area contributed by atoms with Crippen LogP contribution in [-0.2, 0) is 6.42 Å². The van der Waals surface area contributed by atoms with Crippen molar-refractivity contribution in [3.8, 4) is 0 Å². The van der Waals surface area contributed by atoms with Gasteiger partial charge < -0.3 is 0 Å². The molecular weight excluding hydrogens is 264 g/mol. The van der Waals surface area contributed by atoms with Crippen molar-refractivity contribution in [3.63, 3.8) is 0 Å². The van der Waals surface area contributed by atoms with Gasteiger partial charge in [-0.05, 0) is 58.7 Å². The van der Waals surface area contributed by atoms with Gasteiger partial charge in [-0.25, -0.2) is 0 Å². The molecule has 0 amide bonds. The van der Waals surface area contributed by atoms with E-state index in [0.29, 0.717) is 0 Å². The summed E-state index contributed by atoms with van der Waals surface area (Å²) in [6.45, 7) is 6.80. The molecule has 0 N–H and O–H groups in total. The van der Waals surface area contributed by atoms with Crippen LogP contribution in [0.1, 0.15) is 57.6 Å². The summed E-state index contributed by atoms with van der Waals surface area (Å²) >= 11 is 0. The molecular formula is C22H26. The van der Waals surface area contributed by atoms with Crippen LogP contribution in [0.5, 0.6) is 0 Å². The van der Waals surface area contributed by atoms with Crippen LogP contribution >= 0.6 is 0 Å². The van der Waals surface area contributed by atoms with Crippen molar-refractivity contribution in [2.24, 2.45) is 0 Å². The molecule has 0 atom stereocenters. The minimum absolute atomic E-state index is 1.13. The number of allylic oxidation sites excluding steroid dienone is 4. The van der Waals surface area contributed by atoms with Crippen LogP contribution in [0, 0.1) is 0 Å². The number of hydrogen-bond acceptors (Lipinski definition) is 0. The first kappa shape index (κ1) is 15.1. The lowest BCUT2D eigenvalue weighted by Gasteiger charge is -2.14. The third-order valence-corrected chi connectivity index (χ3v) is 4.86. The van der Waals surface area contributed by atoms with Crippen molar-refractivity contribution in [1.29, 1.82) is 0 Å². The molecule has 22 heavy (non-hydrogen) atoms. The smallest absolute Gasteiger partial charge is 0.00551 e. The number of hydrogen-bond donors (Lipinski definition) is 0. The molecule has 0 saturated heterocycles. The lowest BCUT2D eigenvalue weighted by atomic mass is 9.90. The maximum absolute atomic E-state index is 2.43. The van der Waals surface area contributed by atoms with Gasteiger partial charge in [-0.3, -0.25) is 0 Å². The Morgan fingerprint density at radius 2 is 1.64 bits per heavy atom. The van der Waals surface area contributed by atoms with Crippen molar-refractivity contribution >= 4 is 16.3 Å². The molecule has 1 aliphatic rings. The van der Waals surface area contributed by atoms with Crippen LogP contribution in [0.2, 0.25) is 0 Å². The second-order valence-corrected chi connectivity index (χ2v) is 6.26. The normalized spacial score (nSPS) is 14.8. The average Bonchev–Trinajstić information content (AvgIpc) is 2.98. The van der Waals surface area contributed by atoms with Crippen LogP contribution in [-0.4, -0.2) is 0 Å². The Hall–Kier alpha value is -1.82. The molecule has 0 fully saturated rings. The first-order valence-corrected chi connectivity index (χ1v) is 8.70. The SMILES string of the molecule is CCCc1ccc(C2=C(CC)C=C(CC)C2)c2ccccc12. The van der Waals surface area contributed by atoms with E-state index >= 15 is 0 Å². The maximum atomic E-state index is 2.43. The van der Waals surface area contributed by atoms with E-state index in [1.54, 1.807) is 11.1 Å².